The number of carbonyl (C=O) groups excluding carboxylic acids is 3. The monoisotopic (exact) mass is 1120 g/mol. The summed E-state index contributed by atoms with van der Waals surface area (Å²) in [6.45, 7) is 6.51. The summed E-state index contributed by atoms with van der Waals surface area (Å²) in [6, 6.07) is 0. The molecule has 0 bridgehead atoms. The van der Waals surface area contributed by atoms with Crippen LogP contribution < -0.4 is 0 Å². The summed E-state index contributed by atoms with van der Waals surface area (Å²) in [5.41, 5.74) is 0. The first-order valence-corrected chi connectivity index (χ1v) is 34.9. The molecular formula is C74H132O6. The normalized spacial score (nSPS) is 12.5. The fraction of sp³-hybridized carbons (Fsp3) is 0.797. The maximum atomic E-state index is 12.9. The molecule has 6 heteroatoms. The highest BCUT2D eigenvalue weighted by molar-refractivity contribution is 5.71. The number of hydrogen-bond acceptors (Lipinski definition) is 6. The number of allylic oxidation sites excluding steroid dienone is 12. The van der Waals surface area contributed by atoms with E-state index < -0.39 is 6.10 Å². The topological polar surface area (TPSA) is 78.9 Å². The molecule has 0 aliphatic heterocycles. The molecule has 464 valence electrons. The lowest BCUT2D eigenvalue weighted by atomic mass is 10.0. The Morgan fingerprint density at radius 2 is 0.487 bits per heavy atom. The summed E-state index contributed by atoms with van der Waals surface area (Å²) in [6.07, 6.45) is 89.6. The van der Waals surface area contributed by atoms with Gasteiger partial charge in [-0.3, -0.25) is 14.4 Å². The van der Waals surface area contributed by atoms with Crippen LogP contribution in [0.1, 0.15) is 361 Å². The molecule has 0 rings (SSSR count). The molecule has 0 saturated carbocycles. The van der Waals surface area contributed by atoms with E-state index in [1.54, 1.807) is 0 Å². The van der Waals surface area contributed by atoms with Crippen molar-refractivity contribution in [2.24, 2.45) is 0 Å². The maximum Gasteiger partial charge on any atom is 0.306 e. The van der Waals surface area contributed by atoms with Gasteiger partial charge < -0.3 is 14.2 Å². The molecule has 0 aliphatic carbocycles. The smallest absolute Gasteiger partial charge is 0.306 e. The minimum absolute atomic E-state index is 0.0847. The number of ether oxygens (including phenoxy) is 3. The SMILES string of the molecule is CC/C=C\C/C=C\C/C=C\CCCCCC(=O)OCC(COC(=O)CCCCCCCCCCCCCCCCCCCCCCCCC/C=C\C/C=C\CCCCCCC)OC(=O)CCCCCCC/C=C\CCCCCCC. The van der Waals surface area contributed by atoms with Crippen LogP contribution in [0.4, 0.5) is 0 Å². The van der Waals surface area contributed by atoms with E-state index in [1.165, 1.54) is 218 Å². The van der Waals surface area contributed by atoms with Gasteiger partial charge in [-0.1, -0.05) is 306 Å². The summed E-state index contributed by atoms with van der Waals surface area (Å²) < 4.78 is 16.9. The first kappa shape index (κ1) is 76.9. The summed E-state index contributed by atoms with van der Waals surface area (Å²) in [5, 5.41) is 0. The molecule has 0 fully saturated rings. The summed E-state index contributed by atoms with van der Waals surface area (Å²) >= 11 is 0. The molecule has 0 aliphatic rings. The molecule has 0 heterocycles. The van der Waals surface area contributed by atoms with Gasteiger partial charge in [0.1, 0.15) is 13.2 Å². The van der Waals surface area contributed by atoms with E-state index in [0.29, 0.717) is 19.3 Å². The minimum Gasteiger partial charge on any atom is -0.462 e. The van der Waals surface area contributed by atoms with E-state index in [4.69, 9.17) is 14.2 Å². The molecular weight excluding hydrogens is 985 g/mol. The Balaban J connectivity index is 4.07. The molecule has 0 radical (unpaired) electrons. The van der Waals surface area contributed by atoms with Crippen molar-refractivity contribution in [1.82, 2.24) is 0 Å². The zero-order valence-corrected chi connectivity index (χ0v) is 53.3. The van der Waals surface area contributed by atoms with Crippen LogP contribution in [0, 0.1) is 0 Å². The van der Waals surface area contributed by atoms with Crippen LogP contribution in [0.15, 0.2) is 72.9 Å². The van der Waals surface area contributed by atoms with E-state index >= 15 is 0 Å². The Kier molecular flexibility index (Phi) is 65.7. The number of carbonyl (C=O) groups is 3. The lowest BCUT2D eigenvalue weighted by Gasteiger charge is -2.18. The third kappa shape index (κ3) is 65.7. The van der Waals surface area contributed by atoms with Crippen LogP contribution in [0.5, 0.6) is 0 Å². The second-order valence-corrected chi connectivity index (χ2v) is 23.4. The van der Waals surface area contributed by atoms with Gasteiger partial charge in [-0.2, -0.15) is 0 Å². The number of rotatable bonds is 64. The summed E-state index contributed by atoms with van der Waals surface area (Å²) in [5.74, 6) is -0.908. The zero-order chi connectivity index (χ0) is 57.8. The molecule has 6 nitrogen and oxygen atoms in total. The van der Waals surface area contributed by atoms with Crippen molar-refractivity contribution in [3.63, 3.8) is 0 Å². The predicted octanol–water partition coefficient (Wildman–Crippen LogP) is 24.1. The highest BCUT2D eigenvalue weighted by Crippen LogP contribution is 2.18. The van der Waals surface area contributed by atoms with E-state index in [-0.39, 0.29) is 31.1 Å². The molecule has 0 aromatic rings. The van der Waals surface area contributed by atoms with Gasteiger partial charge in [0, 0.05) is 19.3 Å². The quantitative estimate of drug-likeness (QED) is 0.0261. The van der Waals surface area contributed by atoms with Crippen LogP contribution in [-0.2, 0) is 28.6 Å². The van der Waals surface area contributed by atoms with Crippen LogP contribution in [0.3, 0.4) is 0 Å². The molecule has 0 aromatic heterocycles. The Bertz CT molecular complexity index is 1470. The predicted molar refractivity (Wildman–Crippen MR) is 348 cm³/mol. The lowest BCUT2D eigenvalue weighted by molar-refractivity contribution is -0.167. The highest BCUT2D eigenvalue weighted by atomic mass is 16.6. The number of unbranched alkanes of at least 4 members (excludes halogenated alkanes) is 41. The van der Waals surface area contributed by atoms with Gasteiger partial charge >= 0.3 is 17.9 Å². The Morgan fingerprint density at radius 3 is 0.787 bits per heavy atom. The molecule has 0 N–H and O–H groups in total. The summed E-state index contributed by atoms with van der Waals surface area (Å²) in [7, 11) is 0. The van der Waals surface area contributed by atoms with Crippen LogP contribution in [0.25, 0.3) is 0 Å². The van der Waals surface area contributed by atoms with Gasteiger partial charge in [0.2, 0.25) is 0 Å². The maximum absolute atomic E-state index is 12.9. The van der Waals surface area contributed by atoms with Crippen molar-refractivity contribution in [3.05, 3.63) is 72.9 Å². The van der Waals surface area contributed by atoms with Crippen molar-refractivity contribution in [1.29, 1.82) is 0 Å². The number of hydrogen-bond donors (Lipinski definition) is 0. The third-order valence-electron chi connectivity index (χ3n) is 15.4. The van der Waals surface area contributed by atoms with E-state index in [0.717, 1.165) is 103 Å². The average molecular weight is 1120 g/mol. The molecule has 0 amide bonds. The van der Waals surface area contributed by atoms with Gasteiger partial charge in [-0.15, -0.1) is 0 Å². The second-order valence-electron chi connectivity index (χ2n) is 23.4. The average Bonchev–Trinajstić information content (AvgIpc) is 3.46. The Labute approximate surface area is 497 Å². The first-order chi connectivity index (χ1) is 39.5. The third-order valence-corrected chi connectivity index (χ3v) is 15.4. The van der Waals surface area contributed by atoms with Crippen molar-refractivity contribution in [3.8, 4) is 0 Å². The molecule has 0 aromatic carbocycles. The molecule has 0 spiro atoms. The van der Waals surface area contributed by atoms with Crippen molar-refractivity contribution < 1.29 is 28.6 Å². The van der Waals surface area contributed by atoms with Gasteiger partial charge in [0.25, 0.3) is 0 Å². The van der Waals surface area contributed by atoms with Crippen LogP contribution in [0.2, 0.25) is 0 Å². The minimum atomic E-state index is -0.790. The Morgan fingerprint density at radius 1 is 0.263 bits per heavy atom. The highest BCUT2D eigenvalue weighted by Gasteiger charge is 2.19. The molecule has 80 heavy (non-hydrogen) atoms. The largest absolute Gasteiger partial charge is 0.462 e. The second kappa shape index (κ2) is 68.3. The van der Waals surface area contributed by atoms with Gasteiger partial charge in [0.15, 0.2) is 6.10 Å². The molecule has 1 atom stereocenters. The standard InChI is InChI=1S/C74H132O6/c1-4-7-10-13-16-19-22-25-27-28-29-30-31-32-33-34-35-36-37-38-39-40-41-42-43-44-45-46-47-50-52-55-58-61-64-67-73(76)79-70-71(69-78-72(75)66-63-60-57-54-51-48-24-21-18-15-12-9-6-3)80-74(77)68-65-62-59-56-53-49-26-23-20-17-14-11-8-5-2/h9,12,18,21-23,25-26,28-29,48,51,71H,4-8,10-11,13-17,19-20,24,27,30-47,49-50,52-70H2,1-3H3/b12-9-,21-18-,25-22-,26-23-,29-28-,51-48-. The van der Waals surface area contributed by atoms with Crippen LogP contribution in [-0.4, -0.2) is 37.2 Å². The molecule has 1 unspecified atom stereocenters. The van der Waals surface area contributed by atoms with Crippen LogP contribution >= 0.6 is 0 Å². The van der Waals surface area contributed by atoms with Gasteiger partial charge in [-0.25, -0.2) is 0 Å². The van der Waals surface area contributed by atoms with E-state index in [9.17, 15) is 14.4 Å². The van der Waals surface area contributed by atoms with Crippen molar-refractivity contribution in [2.75, 3.05) is 13.2 Å². The fourth-order valence-corrected chi connectivity index (χ4v) is 10.2. The fourth-order valence-electron chi connectivity index (χ4n) is 10.2. The van der Waals surface area contributed by atoms with Gasteiger partial charge in [0.05, 0.1) is 0 Å². The number of esters is 3. The lowest BCUT2D eigenvalue weighted by Crippen LogP contribution is -2.30. The summed E-state index contributed by atoms with van der Waals surface area (Å²) in [4.78, 5) is 38.3. The van der Waals surface area contributed by atoms with E-state index in [2.05, 4.69) is 93.7 Å². The van der Waals surface area contributed by atoms with Crippen molar-refractivity contribution >= 4 is 17.9 Å². The first-order valence-electron chi connectivity index (χ1n) is 34.9. The zero-order valence-electron chi connectivity index (χ0n) is 53.3. The van der Waals surface area contributed by atoms with E-state index in [1.807, 2.05) is 0 Å². The van der Waals surface area contributed by atoms with Crippen molar-refractivity contribution in [2.45, 2.75) is 367 Å². The molecule has 0 saturated heterocycles. The van der Waals surface area contributed by atoms with Gasteiger partial charge in [-0.05, 0) is 109 Å². The Hall–Kier alpha value is -3.15.